The summed E-state index contributed by atoms with van der Waals surface area (Å²) in [6.45, 7) is 0.889. The molecule has 100 valence electrons. The van der Waals surface area contributed by atoms with Gasteiger partial charge in [0.05, 0.1) is 0 Å². The van der Waals surface area contributed by atoms with Gasteiger partial charge in [0.15, 0.2) is 0 Å². The van der Waals surface area contributed by atoms with Crippen LogP contribution in [0.25, 0.3) is 0 Å². The van der Waals surface area contributed by atoms with Crippen molar-refractivity contribution in [2.24, 2.45) is 0 Å². The van der Waals surface area contributed by atoms with Crippen LogP contribution >= 0.6 is 15.9 Å². The third kappa shape index (κ3) is 3.88. The van der Waals surface area contributed by atoms with Crippen LogP contribution in [-0.4, -0.2) is 13.6 Å². The monoisotopic (exact) mass is 321 g/mol. The summed E-state index contributed by atoms with van der Waals surface area (Å²) in [5, 5.41) is 3.23. The molecule has 0 aliphatic rings. The Kier molecular flexibility index (Phi) is 5.11. The van der Waals surface area contributed by atoms with Gasteiger partial charge in [0.2, 0.25) is 0 Å². The number of hydrogen-bond acceptors (Lipinski definition) is 1. The molecule has 0 radical (unpaired) electrons. The van der Waals surface area contributed by atoms with Crippen molar-refractivity contribution in [2.45, 2.75) is 12.3 Å². The molecule has 0 fully saturated rings. The van der Waals surface area contributed by atoms with Gasteiger partial charge in [-0.25, -0.2) is 4.39 Å². The van der Waals surface area contributed by atoms with E-state index >= 15 is 0 Å². The van der Waals surface area contributed by atoms with Crippen molar-refractivity contribution in [1.82, 2.24) is 5.32 Å². The lowest BCUT2D eigenvalue weighted by Crippen LogP contribution is -2.19. The van der Waals surface area contributed by atoms with Gasteiger partial charge in [-0.1, -0.05) is 46.3 Å². The molecule has 3 heteroatoms. The van der Waals surface area contributed by atoms with Crippen molar-refractivity contribution in [1.29, 1.82) is 0 Å². The predicted molar refractivity (Wildman–Crippen MR) is 80.9 cm³/mol. The summed E-state index contributed by atoms with van der Waals surface area (Å²) in [5.74, 6) is 0.181. The summed E-state index contributed by atoms with van der Waals surface area (Å²) in [6.07, 6.45) is 0.893. The lowest BCUT2D eigenvalue weighted by atomic mass is 9.92. The lowest BCUT2D eigenvalue weighted by Gasteiger charge is -2.18. The molecule has 1 atom stereocenters. The highest BCUT2D eigenvalue weighted by Gasteiger charge is 2.14. The second-order valence-corrected chi connectivity index (χ2v) is 5.46. The average molecular weight is 322 g/mol. The Labute approximate surface area is 122 Å². The minimum absolute atomic E-state index is 0.185. The first-order chi connectivity index (χ1) is 9.20. The van der Waals surface area contributed by atoms with Crippen LogP contribution in [0.4, 0.5) is 4.39 Å². The minimum atomic E-state index is -0.185. The first-order valence-electron chi connectivity index (χ1n) is 6.34. The van der Waals surface area contributed by atoms with Crippen molar-refractivity contribution in [3.8, 4) is 0 Å². The number of halogens is 2. The van der Waals surface area contributed by atoms with E-state index in [1.54, 1.807) is 0 Å². The summed E-state index contributed by atoms with van der Waals surface area (Å²) in [7, 11) is 1.95. The van der Waals surface area contributed by atoms with E-state index in [2.05, 4.69) is 33.4 Å². The molecule has 0 aliphatic carbocycles. The Morgan fingerprint density at radius 3 is 2.42 bits per heavy atom. The Hall–Kier alpha value is -1.19. The zero-order valence-corrected chi connectivity index (χ0v) is 12.5. The van der Waals surface area contributed by atoms with E-state index in [9.17, 15) is 4.39 Å². The molecule has 0 aliphatic heterocycles. The standard InChI is InChI=1S/C16H17BrFN/c1-19-11-13(15-4-2-3-5-16(15)17)10-12-6-8-14(18)9-7-12/h2-9,13,19H,10-11H2,1H3. The normalized spacial score (nSPS) is 12.4. The Morgan fingerprint density at radius 2 is 1.79 bits per heavy atom. The number of benzene rings is 2. The predicted octanol–water partition coefficient (Wildman–Crippen LogP) is 4.13. The van der Waals surface area contributed by atoms with Crippen molar-refractivity contribution in [2.75, 3.05) is 13.6 Å². The zero-order chi connectivity index (χ0) is 13.7. The average Bonchev–Trinajstić information content (AvgIpc) is 2.41. The Morgan fingerprint density at radius 1 is 1.11 bits per heavy atom. The van der Waals surface area contributed by atoms with Crippen molar-refractivity contribution in [3.63, 3.8) is 0 Å². The van der Waals surface area contributed by atoms with Gasteiger partial charge in [-0.05, 0) is 42.8 Å². The molecule has 0 aromatic heterocycles. The van der Waals surface area contributed by atoms with Gasteiger partial charge < -0.3 is 5.32 Å². The van der Waals surface area contributed by atoms with Gasteiger partial charge >= 0.3 is 0 Å². The SMILES string of the molecule is CNCC(Cc1ccc(F)cc1)c1ccccc1Br. The van der Waals surface area contributed by atoms with Crippen LogP contribution in [0.3, 0.4) is 0 Å². The molecule has 2 rings (SSSR count). The highest BCUT2D eigenvalue weighted by Crippen LogP contribution is 2.27. The summed E-state index contributed by atoms with van der Waals surface area (Å²) in [4.78, 5) is 0. The van der Waals surface area contributed by atoms with Crippen LogP contribution in [-0.2, 0) is 6.42 Å². The lowest BCUT2D eigenvalue weighted by molar-refractivity contribution is 0.614. The van der Waals surface area contributed by atoms with Gasteiger partial charge in [0.25, 0.3) is 0 Å². The molecule has 1 N–H and O–H groups in total. The van der Waals surface area contributed by atoms with Gasteiger partial charge in [-0.2, -0.15) is 0 Å². The minimum Gasteiger partial charge on any atom is -0.319 e. The molecule has 0 spiro atoms. The Bertz CT molecular complexity index is 525. The summed E-state index contributed by atoms with van der Waals surface area (Å²) in [5.41, 5.74) is 2.43. The molecular formula is C16H17BrFN. The summed E-state index contributed by atoms with van der Waals surface area (Å²) < 4.78 is 14.1. The smallest absolute Gasteiger partial charge is 0.123 e. The number of nitrogens with one attached hydrogen (secondary N) is 1. The second-order valence-electron chi connectivity index (χ2n) is 4.61. The molecule has 1 nitrogen and oxygen atoms in total. The second kappa shape index (κ2) is 6.83. The summed E-state index contributed by atoms with van der Waals surface area (Å²) in [6, 6.07) is 15.0. The van der Waals surface area contributed by atoms with E-state index in [0.29, 0.717) is 5.92 Å². The maximum atomic E-state index is 12.9. The first-order valence-corrected chi connectivity index (χ1v) is 7.13. The quantitative estimate of drug-likeness (QED) is 0.873. The summed E-state index contributed by atoms with van der Waals surface area (Å²) >= 11 is 3.60. The zero-order valence-electron chi connectivity index (χ0n) is 10.9. The van der Waals surface area contributed by atoms with Crippen LogP contribution in [0.2, 0.25) is 0 Å². The maximum Gasteiger partial charge on any atom is 0.123 e. The molecule has 0 bridgehead atoms. The van der Waals surface area contributed by atoms with E-state index in [4.69, 9.17) is 0 Å². The van der Waals surface area contributed by atoms with Crippen LogP contribution in [0, 0.1) is 5.82 Å². The fourth-order valence-corrected chi connectivity index (χ4v) is 2.86. The van der Waals surface area contributed by atoms with Crippen LogP contribution in [0.15, 0.2) is 53.0 Å². The van der Waals surface area contributed by atoms with Gasteiger partial charge in [-0.3, -0.25) is 0 Å². The van der Waals surface area contributed by atoms with Crippen LogP contribution < -0.4 is 5.32 Å². The molecule has 0 amide bonds. The molecule has 2 aromatic rings. The molecule has 19 heavy (non-hydrogen) atoms. The third-order valence-electron chi connectivity index (χ3n) is 3.19. The molecule has 1 unspecified atom stereocenters. The highest BCUT2D eigenvalue weighted by atomic mass is 79.9. The van der Waals surface area contributed by atoms with E-state index in [1.807, 2.05) is 31.3 Å². The molecule has 0 saturated carbocycles. The van der Waals surface area contributed by atoms with Gasteiger partial charge in [0.1, 0.15) is 5.82 Å². The molecular weight excluding hydrogens is 305 g/mol. The van der Waals surface area contributed by atoms with Crippen molar-refractivity contribution >= 4 is 15.9 Å². The molecule has 0 saturated heterocycles. The van der Waals surface area contributed by atoms with E-state index < -0.39 is 0 Å². The third-order valence-corrected chi connectivity index (χ3v) is 3.91. The largest absolute Gasteiger partial charge is 0.319 e. The topological polar surface area (TPSA) is 12.0 Å². The van der Waals surface area contributed by atoms with Gasteiger partial charge in [0, 0.05) is 16.9 Å². The number of rotatable bonds is 5. The van der Waals surface area contributed by atoms with Crippen LogP contribution in [0.1, 0.15) is 17.0 Å². The fourth-order valence-electron chi connectivity index (χ4n) is 2.25. The maximum absolute atomic E-state index is 12.9. The van der Waals surface area contributed by atoms with E-state index in [0.717, 1.165) is 23.0 Å². The van der Waals surface area contributed by atoms with E-state index in [1.165, 1.54) is 17.7 Å². The van der Waals surface area contributed by atoms with Crippen molar-refractivity contribution < 1.29 is 4.39 Å². The first kappa shape index (κ1) is 14.2. The van der Waals surface area contributed by atoms with E-state index in [-0.39, 0.29) is 5.82 Å². The van der Waals surface area contributed by atoms with Crippen LogP contribution in [0.5, 0.6) is 0 Å². The number of hydrogen-bond donors (Lipinski definition) is 1. The highest BCUT2D eigenvalue weighted by molar-refractivity contribution is 9.10. The van der Waals surface area contributed by atoms with Gasteiger partial charge in [-0.15, -0.1) is 0 Å². The Balaban J connectivity index is 2.21. The fraction of sp³-hybridized carbons (Fsp3) is 0.250. The number of likely N-dealkylation sites (N-methyl/N-ethyl adjacent to an activating group) is 1. The molecule has 0 heterocycles. The molecule has 2 aromatic carbocycles. The van der Waals surface area contributed by atoms with Crippen molar-refractivity contribution in [3.05, 3.63) is 69.9 Å².